The molecule has 0 saturated heterocycles. The van der Waals surface area contributed by atoms with Crippen LogP contribution in [0.5, 0.6) is 0 Å². The van der Waals surface area contributed by atoms with Crippen LogP contribution in [-0.2, 0) is 0 Å². The van der Waals surface area contributed by atoms with Gasteiger partial charge in [0.2, 0.25) is 0 Å². The molecule has 0 fully saturated rings. The van der Waals surface area contributed by atoms with Crippen LogP contribution in [-0.4, -0.2) is 17.9 Å². The third-order valence-corrected chi connectivity index (χ3v) is 1.43. The summed E-state index contributed by atoms with van der Waals surface area (Å²) in [5.41, 5.74) is 0.981. The highest BCUT2D eigenvalue weighted by molar-refractivity contribution is 5.82. The van der Waals surface area contributed by atoms with Crippen molar-refractivity contribution in [3.05, 3.63) is 11.3 Å². The summed E-state index contributed by atoms with van der Waals surface area (Å²) in [4.78, 5) is 3.92. The molecule has 0 bridgehead atoms. The molecular formula is C7H11NO. The summed E-state index contributed by atoms with van der Waals surface area (Å²) in [6, 6.07) is 0. The summed E-state index contributed by atoms with van der Waals surface area (Å²) in [7, 11) is 0. The lowest BCUT2D eigenvalue weighted by molar-refractivity contribution is 0.398. The van der Waals surface area contributed by atoms with Crippen molar-refractivity contribution in [2.24, 2.45) is 10.9 Å². The number of allylic oxidation sites excluding steroid dienone is 1. The summed E-state index contributed by atoms with van der Waals surface area (Å²) in [5.74, 6) is 0.834. The van der Waals surface area contributed by atoms with E-state index in [-0.39, 0.29) is 0 Å². The first-order valence-electron chi connectivity index (χ1n) is 3.13. The molecule has 50 valence electrons. The molecule has 0 saturated carbocycles. The van der Waals surface area contributed by atoms with Crippen LogP contribution in [0.15, 0.2) is 16.3 Å². The van der Waals surface area contributed by atoms with Gasteiger partial charge in [-0.1, -0.05) is 13.8 Å². The second-order valence-electron chi connectivity index (χ2n) is 2.53. The average molecular weight is 125 g/mol. The van der Waals surface area contributed by atoms with E-state index in [1.165, 1.54) is 0 Å². The van der Waals surface area contributed by atoms with Gasteiger partial charge in [-0.3, -0.25) is 4.99 Å². The molecular weight excluding hydrogens is 114 g/mol. The molecule has 2 heteroatoms. The van der Waals surface area contributed by atoms with Gasteiger partial charge in [-0.25, -0.2) is 0 Å². The van der Waals surface area contributed by atoms with Crippen molar-refractivity contribution in [3.8, 4) is 0 Å². The van der Waals surface area contributed by atoms with Gasteiger partial charge in [0.15, 0.2) is 0 Å². The van der Waals surface area contributed by atoms with Crippen molar-refractivity contribution < 1.29 is 5.11 Å². The van der Waals surface area contributed by atoms with E-state index in [1.807, 2.05) is 13.8 Å². The zero-order valence-electron chi connectivity index (χ0n) is 5.76. The van der Waals surface area contributed by atoms with Crippen molar-refractivity contribution in [1.82, 2.24) is 0 Å². The molecule has 0 aromatic heterocycles. The van der Waals surface area contributed by atoms with E-state index in [0.29, 0.717) is 18.2 Å². The van der Waals surface area contributed by atoms with E-state index < -0.39 is 0 Å². The zero-order chi connectivity index (χ0) is 6.85. The standard InChI is InChI=1S/C7H11NO/c1-5(2)6-3-8-4-7(6)9/h3,5,9H,4H2,1-2H3. The lowest BCUT2D eigenvalue weighted by atomic mass is 10.1. The second-order valence-corrected chi connectivity index (χ2v) is 2.53. The molecule has 1 N–H and O–H groups in total. The number of nitrogens with zero attached hydrogens (tertiary/aromatic N) is 1. The van der Waals surface area contributed by atoms with Gasteiger partial charge in [-0.15, -0.1) is 0 Å². The lowest BCUT2D eigenvalue weighted by Crippen LogP contribution is -1.96. The first-order valence-corrected chi connectivity index (χ1v) is 3.13. The highest BCUT2D eigenvalue weighted by atomic mass is 16.3. The van der Waals surface area contributed by atoms with Crippen LogP contribution >= 0.6 is 0 Å². The maximum absolute atomic E-state index is 9.11. The van der Waals surface area contributed by atoms with Gasteiger partial charge in [0.25, 0.3) is 0 Å². The van der Waals surface area contributed by atoms with Crippen LogP contribution in [0, 0.1) is 5.92 Å². The van der Waals surface area contributed by atoms with Crippen LogP contribution in [0.1, 0.15) is 13.8 Å². The third-order valence-electron chi connectivity index (χ3n) is 1.43. The fraction of sp³-hybridized carbons (Fsp3) is 0.571. The number of rotatable bonds is 1. The lowest BCUT2D eigenvalue weighted by Gasteiger charge is -2.01. The van der Waals surface area contributed by atoms with Gasteiger partial charge in [0.05, 0.1) is 6.54 Å². The molecule has 0 aliphatic carbocycles. The Bertz CT molecular complexity index is 168. The number of aliphatic hydroxyl groups is 1. The van der Waals surface area contributed by atoms with Gasteiger partial charge in [0, 0.05) is 11.8 Å². The molecule has 0 unspecified atom stereocenters. The Balaban J connectivity index is 2.77. The second kappa shape index (κ2) is 2.21. The maximum atomic E-state index is 9.11. The number of aliphatic hydroxyl groups excluding tert-OH is 1. The molecule has 1 aliphatic heterocycles. The summed E-state index contributed by atoms with van der Waals surface area (Å²) in [5, 5.41) is 9.11. The SMILES string of the molecule is CC(C)C1=C(O)CN=C1. The minimum atomic E-state index is 0.399. The Morgan fingerprint density at radius 1 is 1.67 bits per heavy atom. The van der Waals surface area contributed by atoms with Gasteiger partial charge < -0.3 is 5.11 Å². The normalized spacial score (nSPS) is 18.1. The topological polar surface area (TPSA) is 32.6 Å². The average Bonchev–Trinajstić information content (AvgIpc) is 2.13. The van der Waals surface area contributed by atoms with E-state index in [0.717, 1.165) is 5.57 Å². The van der Waals surface area contributed by atoms with E-state index in [4.69, 9.17) is 5.11 Å². The molecule has 9 heavy (non-hydrogen) atoms. The quantitative estimate of drug-likeness (QED) is 0.566. The Morgan fingerprint density at radius 3 is 2.56 bits per heavy atom. The fourth-order valence-electron chi connectivity index (χ4n) is 0.879. The van der Waals surface area contributed by atoms with Gasteiger partial charge in [-0.05, 0) is 5.92 Å². The number of hydrogen-bond donors (Lipinski definition) is 1. The largest absolute Gasteiger partial charge is 0.510 e. The summed E-state index contributed by atoms with van der Waals surface area (Å²) in [6.45, 7) is 4.57. The van der Waals surface area contributed by atoms with Crippen LogP contribution in [0.4, 0.5) is 0 Å². The van der Waals surface area contributed by atoms with Crippen LogP contribution in [0.2, 0.25) is 0 Å². The molecule has 0 atom stereocenters. The molecule has 0 radical (unpaired) electrons. The fourth-order valence-corrected chi connectivity index (χ4v) is 0.879. The molecule has 1 rings (SSSR count). The molecule has 0 amide bonds. The van der Waals surface area contributed by atoms with Crippen LogP contribution in [0.25, 0.3) is 0 Å². The Hall–Kier alpha value is -0.790. The van der Waals surface area contributed by atoms with Gasteiger partial charge >= 0.3 is 0 Å². The van der Waals surface area contributed by atoms with Crippen molar-refractivity contribution in [2.45, 2.75) is 13.8 Å². The van der Waals surface area contributed by atoms with E-state index in [2.05, 4.69) is 4.99 Å². The first kappa shape index (κ1) is 6.33. The van der Waals surface area contributed by atoms with E-state index >= 15 is 0 Å². The Kier molecular flexibility index (Phi) is 1.56. The van der Waals surface area contributed by atoms with Crippen molar-refractivity contribution in [3.63, 3.8) is 0 Å². The number of hydrogen-bond acceptors (Lipinski definition) is 2. The molecule has 0 aromatic rings. The zero-order valence-corrected chi connectivity index (χ0v) is 5.76. The third kappa shape index (κ3) is 1.12. The smallest absolute Gasteiger partial charge is 0.119 e. The Morgan fingerprint density at radius 2 is 2.33 bits per heavy atom. The predicted octanol–water partition coefficient (Wildman–Crippen LogP) is 1.54. The van der Waals surface area contributed by atoms with E-state index in [9.17, 15) is 0 Å². The highest BCUT2D eigenvalue weighted by Gasteiger charge is 2.10. The highest BCUT2D eigenvalue weighted by Crippen LogP contribution is 2.15. The molecule has 0 aromatic carbocycles. The summed E-state index contributed by atoms with van der Waals surface area (Å²) in [6.07, 6.45) is 1.75. The molecule has 1 aliphatic rings. The maximum Gasteiger partial charge on any atom is 0.119 e. The van der Waals surface area contributed by atoms with Crippen molar-refractivity contribution in [1.29, 1.82) is 0 Å². The van der Waals surface area contributed by atoms with Crippen molar-refractivity contribution >= 4 is 6.21 Å². The van der Waals surface area contributed by atoms with Crippen LogP contribution < -0.4 is 0 Å². The van der Waals surface area contributed by atoms with Gasteiger partial charge in [-0.2, -0.15) is 0 Å². The van der Waals surface area contributed by atoms with Crippen molar-refractivity contribution in [2.75, 3.05) is 6.54 Å². The minimum Gasteiger partial charge on any atom is -0.510 e. The molecule has 2 nitrogen and oxygen atoms in total. The summed E-state index contributed by atoms with van der Waals surface area (Å²) < 4.78 is 0. The van der Waals surface area contributed by atoms with Crippen LogP contribution in [0.3, 0.4) is 0 Å². The number of aliphatic imine (C=N–C) groups is 1. The first-order chi connectivity index (χ1) is 4.22. The Labute approximate surface area is 54.9 Å². The molecule has 1 heterocycles. The summed E-state index contributed by atoms with van der Waals surface area (Å²) >= 11 is 0. The van der Waals surface area contributed by atoms with Gasteiger partial charge in [0.1, 0.15) is 5.76 Å². The molecule has 0 spiro atoms. The monoisotopic (exact) mass is 125 g/mol. The predicted molar refractivity (Wildman–Crippen MR) is 37.9 cm³/mol. The minimum absolute atomic E-state index is 0.399. The van der Waals surface area contributed by atoms with E-state index in [1.54, 1.807) is 6.21 Å².